The fraction of sp³-hybridized carbons (Fsp3) is 0.556. The van der Waals surface area contributed by atoms with Crippen LogP contribution in [0, 0.1) is 0 Å². The molecule has 102 valence electrons. The van der Waals surface area contributed by atoms with E-state index >= 15 is 0 Å². The van der Waals surface area contributed by atoms with E-state index in [4.69, 9.17) is 10.8 Å². The molecule has 1 aromatic heterocycles. The Labute approximate surface area is 101 Å². The van der Waals surface area contributed by atoms with Crippen LogP contribution in [0.1, 0.15) is 10.4 Å². The van der Waals surface area contributed by atoms with Gasteiger partial charge in [-0.15, -0.1) is 0 Å². The van der Waals surface area contributed by atoms with Crippen LogP contribution in [0.3, 0.4) is 0 Å². The molecule has 0 fully saturated rings. The van der Waals surface area contributed by atoms with Crippen LogP contribution in [0.4, 0.5) is 19.0 Å². The molecule has 1 rings (SSSR count). The van der Waals surface area contributed by atoms with Crippen molar-refractivity contribution in [3.8, 4) is 0 Å². The summed E-state index contributed by atoms with van der Waals surface area (Å²) in [6, 6.07) is 0. The van der Waals surface area contributed by atoms with Gasteiger partial charge in [0.1, 0.15) is 17.9 Å². The number of nitrogens with zero attached hydrogens (tertiary/aromatic N) is 3. The number of aliphatic hydroxyl groups is 1. The SMILES string of the molecule is Cn1ncc(C(=O)N(CCO)CC(F)(F)F)c1N. The summed E-state index contributed by atoms with van der Waals surface area (Å²) in [5.41, 5.74) is 5.39. The minimum atomic E-state index is -4.54. The molecular weight excluding hydrogens is 253 g/mol. The van der Waals surface area contributed by atoms with Gasteiger partial charge in [0.2, 0.25) is 0 Å². The van der Waals surface area contributed by atoms with E-state index in [0.29, 0.717) is 4.90 Å². The Bertz CT molecular complexity index is 430. The van der Waals surface area contributed by atoms with Crippen LogP contribution in [0.5, 0.6) is 0 Å². The second kappa shape index (κ2) is 5.25. The Balaban J connectivity index is 2.92. The first-order chi connectivity index (χ1) is 8.26. The van der Waals surface area contributed by atoms with E-state index in [1.165, 1.54) is 11.7 Å². The number of amides is 1. The number of carbonyl (C=O) groups excluding carboxylic acids is 1. The zero-order valence-corrected chi connectivity index (χ0v) is 9.61. The number of aliphatic hydroxyl groups excluding tert-OH is 1. The fourth-order valence-corrected chi connectivity index (χ4v) is 1.37. The molecule has 18 heavy (non-hydrogen) atoms. The second-order valence-electron chi connectivity index (χ2n) is 3.63. The third-order valence-electron chi connectivity index (χ3n) is 2.24. The molecule has 0 saturated heterocycles. The molecule has 0 aliphatic heterocycles. The van der Waals surface area contributed by atoms with Gasteiger partial charge in [-0.3, -0.25) is 9.48 Å². The van der Waals surface area contributed by atoms with Gasteiger partial charge in [0, 0.05) is 13.6 Å². The second-order valence-corrected chi connectivity index (χ2v) is 3.63. The summed E-state index contributed by atoms with van der Waals surface area (Å²) in [5.74, 6) is -0.933. The summed E-state index contributed by atoms with van der Waals surface area (Å²) in [5, 5.41) is 12.4. The van der Waals surface area contributed by atoms with Crippen LogP contribution in [0.2, 0.25) is 0 Å². The number of rotatable bonds is 4. The maximum Gasteiger partial charge on any atom is 0.406 e. The lowest BCUT2D eigenvalue weighted by Crippen LogP contribution is -2.40. The van der Waals surface area contributed by atoms with Gasteiger partial charge in [-0.05, 0) is 0 Å². The molecule has 0 unspecified atom stereocenters. The molecule has 0 aromatic carbocycles. The fourth-order valence-electron chi connectivity index (χ4n) is 1.37. The van der Waals surface area contributed by atoms with Gasteiger partial charge in [0.15, 0.2) is 0 Å². The van der Waals surface area contributed by atoms with Crippen molar-refractivity contribution in [3.63, 3.8) is 0 Å². The Morgan fingerprint density at radius 3 is 2.61 bits per heavy atom. The highest BCUT2D eigenvalue weighted by Crippen LogP contribution is 2.19. The van der Waals surface area contributed by atoms with Gasteiger partial charge in [0.05, 0.1) is 12.8 Å². The number of nitrogen functional groups attached to an aromatic ring is 1. The van der Waals surface area contributed by atoms with Gasteiger partial charge < -0.3 is 15.7 Å². The number of halogens is 3. The van der Waals surface area contributed by atoms with Gasteiger partial charge in [-0.25, -0.2) is 0 Å². The highest BCUT2D eigenvalue weighted by Gasteiger charge is 2.34. The molecule has 0 bridgehead atoms. The van der Waals surface area contributed by atoms with Gasteiger partial charge in [-0.1, -0.05) is 0 Å². The van der Waals surface area contributed by atoms with E-state index < -0.39 is 31.8 Å². The Hall–Kier alpha value is -1.77. The summed E-state index contributed by atoms with van der Waals surface area (Å²) in [7, 11) is 1.46. The van der Waals surface area contributed by atoms with Gasteiger partial charge in [-0.2, -0.15) is 18.3 Å². The largest absolute Gasteiger partial charge is 0.406 e. The molecular formula is C9H13F3N4O2. The average molecular weight is 266 g/mol. The van der Waals surface area contributed by atoms with Crippen LogP contribution in [-0.4, -0.2) is 51.6 Å². The third kappa shape index (κ3) is 3.36. The molecule has 1 amide bonds. The first-order valence-corrected chi connectivity index (χ1v) is 5.00. The third-order valence-corrected chi connectivity index (χ3v) is 2.24. The minimum absolute atomic E-state index is 0.0230. The van der Waals surface area contributed by atoms with Crippen molar-refractivity contribution in [3.05, 3.63) is 11.8 Å². The lowest BCUT2D eigenvalue weighted by Gasteiger charge is -2.22. The van der Waals surface area contributed by atoms with E-state index in [1.54, 1.807) is 0 Å². The number of nitrogens with two attached hydrogens (primary N) is 1. The first-order valence-electron chi connectivity index (χ1n) is 5.00. The van der Waals surface area contributed by atoms with E-state index in [0.717, 1.165) is 6.20 Å². The summed E-state index contributed by atoms with van der Waals surface area (Å²) < 4.78 is 38.0. The maximum absolute atomic E-state index is 12.3. The quantitative estimate of drug-likeness (QED) is 0.803. The molecule has 0 spiro atoms. The van der Waals surface area contributed by atoms with E-state index in [9.17, 15) is 18.0 Å². The summed E-state index contributed by atoms with van der Waals surface area (Å²) >= 11 is 0. The average Bonchev–Trinajstić information content (AvgIpc) is 2.56. The molecule has 9 heteroatoms. The predicted octanol–water partition coefficient (Wildman–Crippen LogP) is -0.000900. The Kier molecular flexibility index (Phi) is 4.17. The van der Waals surface area contributed by atoms with Crippen LogP contribution in [0.15, 0.2) is 6.20 Å². The van der Waals surface area contributed by atoms with Gasteiger partial charge >= 0.3 is 6.18 Å². The number of hydrogen-bond acceptors (Lipinski definition) is 4. The van der Waals surface area contributed by atoms with E-state index in [-0.39, 0.29) is 11.4 Å². The number of aryl methyl sites for hydroxylation is 1. The van der Waals surface area contributed by atoms with Crippen molar-refractivity contribution < 1.29 is 23.1 Å². The van der Waals surface area contributed by atoms with Crippen molar-refractivity contribution in [1.82, 2.24) is 14.7 Å². The van der Waals surface area contributed by atoms with Gasteiger partial charge in [0.25, 0.3) is 5.91 Å². The van der Waals surface area contributed by atoms with Crippen molar-refractivity contribution in [2.45, 2.75) is 6.18 Å². The maximum atomic E-state index is 12.3. The predicted molar refractivity (Wildman–Crippen MR) is 56.7 cm³/mol. The van der Waals surface area contributed by atoms with E-state index in [1.807, 2.05) is 0 Å². The molecule has 1 heterocycles. The normalized spacial score (nSPS) is 11.6. The molecule has 0 saturated carbocycles. The zero-order valence-electron chi connectivity index (χ0n) is 9.61. The van der Waals surface area contributed by atoms with Crippen LogP contribution < -0.4 is 5.73 Å². The highest BCUT2D eigenvalue weighted by molar-refractivity contribution is 5.98. The van der Waals surface area contributed by atoms with Crippen molar-refractivity contribution in [2.75, 3.05) is 25.4 Å². The molecule has 0 aliphatic carbocycles. The molecule has 0 aliphatic rings. The monoisotopic (exact) mass is 266 g/mol. The van der Waals surface area contributed by atoms with Crippen LogP contribution in [0.25, 0.3) is 0 Å². The Morgan fingerprint density at radius 2 is 2.22 bits per heavy atom. The summed E-state index contributed by atoms with van der Waals surface area (Å²) in [4.78, 5) is 12.3. The van der Waals surface area contributed by atoms with Crippen LogP contribution >= 0.6 is 0 Å². The standard InChI is InChI=1S/C9H13F3N4O2/c1-15-7(13)6(4-14-15)8(18)16(2-3-17)5-9(10,11)12/h4,17H,2-3,5,13H2,1H3. The lowest BCUT2D eigenvalue weighted by atomic mass is 10.2. The lowest BCUT2D eigenvalue weighted by molar-refractivity contribution is -0.141. The van der Waals surface area contributed by atoms with E-state index in [2.05, 4.69) is 5.10 Å². The summed E-state index contributed by atoms with van der Waals surface area (Å²) in [6.45, 7) is -2.44. The number of anilines is 1. The Morgan fingerprint density at radius 1 is 1.61 bits per heavy atom. The topological polar surface area (TPSA) is 84.4 Å². The number of hydrogen-bond donors (Lipinski definition) is 2. The number of alkyl halides is 3. The molecule has 0 radical (unpaired) electrons. The highest BCUT2D eigenvalue weighted by atomic mass is 19.4. The molecule has 3 N–H and O–H groups in total. The first kappa shape index (κ1) is 14.3. The minimum Gasteiger partial charge on any atom is -0.395 e. The summed E-state index contributed by atoms with van der Waals surface area (Å²) in [6.07, 6.45) is -3.44. The van der Waals surface area contributed by atoms with Crippen molar-refractivity contribution in [1.29, 1.82) is 0 Å². The van der Waals surface area contributed by atoms with Crippen molar-refractivity contribution >= 4 is 11.7 Å². The smallest absolute Gasteiger partial charge is 0.395 e. The van der Waals surface area contributed by atoms with Crippen molar-refractivity contribution in [2.24, 2.45) is 7.05 Å². The zero-order chi connectivity index (χ0) is 13.9. The number of carbonyl (C=O) groups is 1. The van der Waals surface area contributed by atoms with Crippen LogP contribution in [-0.2, 0) is 7.05 Å². The molecule has 6 nitrogen and oxygen atoms in total. The molecule has 1 aromatic rings. The number of aromatic nitrogens is 2. The molecule has 0 atom stereocenters.